The lowest BCUT2D eigenvalue weighted by atomic mass is 9.95. The molecule has 0 unspecified atom stereocenters. The Balaban J connectivity index is 1.57. The molecule has 0 atom stereocenters. The lowest BCUT2D eigenvalue weighted by Crippen LogP contribution is -2.25. The summed E-state index contributed by atoms with van der Waals surface area (Å²) in [7, 11) is 0. The molecule has 0 N–H and O–H groups in total. The smallest absolute Gasteiger partial charge is 0.429 e. The molecule has 174 valence electrons. The number of rotatable bonds is 6. The van der Waals surface area contributed by atoms with E-state index in [0.717, 1.165) is 24.1 Å². The van der Waals surface area contributed by atoms with Crippen LogP contribution in [0.2, 0.25) is 0 Å². The third kappa shape index (κ3) is 4.99. The van der Waals surface area contributed by atoms with E-state index in [1.165, 1.54) is 25.7 Å². The maximum atomic E-state index is 14.6. The summed E-state index contributed by atoms with van der Waals surface area (Å²) >= 11 is 0. The number of ether oxygens (including phenoxy) is 1. The molecule has 4 rings (SSSR count). The lowest BCUT2D eigenvalue weighted by molar-refractivity contribution is -0.189. The first-order chi connectivity index (χ1) is 15.6. The summed E-state index contributed by atoms with van der Waals surface area (Å²) in [5.41, 5.74) is -0.173. The number of benzene rings is 3. The number of alkyl halides is 2. The minimum Gasteiger partial charge on any atom is -0.429 e. The molecule has 0 radical (unpaired) electrons. The van der Waals surface area contributed by atoms with Gasteiger partial charge >= 0.3 is 6.11 Å². The van der Waals surface area contributed by atoms with Gasteiger partial charge in [-0.1, -0.05) is 49.9 Å². The van der Waals surface area contributed by atoms with Crippen LogP contribution in [0.3, 0.4) is 0 Å². The van der Waals surface area contributed by atoms with E-state index in [9.17, 15) is 30.7 Å². The Kier molecular flexibility index (Phi) is 6.36. The van der Waals surface area contributed by atoms with E-state index in [0.29, 0.717) is 11.5 Å². The highest BCUT2D eigenvalue weighted by molar-refractivity contribution is 5.64. The van der Waals surface area contributed by atoms with E-state index in [1.54, 1.807) is 12.1 Å². The van der Waals surface area contributed by atoms with Gasteiger partial charge in [0, 0.05) is 12.1 Å². The predicted octanol–water partition coefficient (Wildman–Crippen LogP) is 7.91. The minimum atomic E-state index is -4.62. The van der Waals surface area contributed by atoms with Gasteiger partial charge in [0.05, 0.1) is 0 Å². The van der Waals surface area contributed by atoms with Crippen LogP contribution in [0.4, 0.5) is 30.7 Å². The van der Waals surface area contributed by atoms with Crippen LogP contribution in [-0.4, -0.2) is 0 Å². The molecule has 1 aliphatic carbocycles. The summed E-state index contributed by atoms with van der Waals surface area (Å²) in [6.45, 7) is 0. The first-order valence-electron chi connectivity index (χ1n) is 10.4. The Labute approximate surface area is 185 Å². The molecule has 3 aromatic carbocycles. The lowest BCUT2D eigenvalue weighted by Gasteiger charge is -2.20. The first kappa shape index (κ1) is 23.1. The van der Waals surface area contributed by atoms with Crippen molar-refractivity contribution in [2.75, 3.05) is 0 Å². The van der Waals surface area contributed by atoms with Crippen LogP contribution in [0.15, 0.2) is 48.5 Å². The van der Waals surface area contributed by atoms with Crippen LogP contribution in [0.25, 0.3) is 11.1 Å². The van der Waals surface area contributed by atoms with Gasteiger partial charge < -0.3 is 4.74 Å². The Bertz CT molecular complexity index is 1110. The van der Waals surface area contributed by atoms with Crippen LogP contribution in [-0.2, 0) is 12.5 Å². The second kappa shape index (κ2) is 9.08. The maximum Gasteiger partial charge on any atom is 0.432 e. The van der Waals surface area contributed by atoms with Crippen molar-refractivity contribution in [1.29, 1.82) is 0 Å². The Morgan fingerprint density at radius 2 is 1.27 bits per heavy atom. The summed E-state index contributed by atoms with van der Waals surface area (Å²) in [5, 5.41) is 0. The highest BCUT2D eigenvalue weighted by Crippen LogP contribution is 2.38. The number of hydrogen-bond donors (Lipinski definition) is 0. The van der Waals surface area contributed by atoms with Gasteiger partial charge in [0.15, 0.2) is 17.5 Å². The van der Waals surface area contributed by atoms with E-state index in [4.69, 9.17) is 0 Å². The standard InChI is InChI=1S/C25H19F7O/c26-19-10-17(16-7-5-15(6-8-16)9-14-3-1-2-4-14)11-20(27)23(19)25(31,32)33-18-12-21(28)24(30)22(29)13-18/h5-8,10-14H,1-4,9H2. The van der Waals surface area contributed by atoms with Gasteiger partial charge in [-0.25, -0.2) is 22.0 Å². The van der Waals surface area contributed by atoms with Crippen molar-refractivity contribution in [3.63, 3.8) is 0 Å². The topological polar surface area (TPSA) is 9.23 Å². The van der Waals surface area contributed by atoms with Crippen molar-refractivity contribution < 1.29 is 35.5 Å². The van der Waals surface area contributed by atoms with Crippen molar-refractivity contribution in [3.8, 4) is 16.9 Å². The van der Waals surface area contributed by atoms with Gasteiger partial charge in [-0.15, -0.1) is 0 Å². The van der Waals surface area contributed by atoms with Crippen molar-refractivity contribution in [2.45, 2.75) is 38.2 Å². The molecule has 1 nitrogen and oxygen atoms in total. The summed E-state index contributed by atoms with van der Waals surface area (Å²) < 4.78 is 102. The van der Waals surface area contributed by atoms with E-state index in [1.807, 2.05) is 12.1 Å². The third-order valence-electron chi connectivity index (χ3n) is 5.82. The SMILES string of the molecule is Fc1cc(OC(F)(F)c2c(F)cc(-c3ccc(CC4CCCC4)cc3)cc2F)cc(F)c1F. The average molecular weight is 468 g/mol. The van der Waals surface area contributed by atoms with Crippen molar-refractivity contribution in [2.24, 2.45) is 5.92 Å². The molecular formula is C25H19F7O. The van der Waals surface area contributed by atoms with Crippen LogP contribution in [0.1, 0.15) is 36.8 Å². The average Bonchev–Trinajstić information content (AvgIpc) is 3.24. The highest BCUT2D eigenvalue weighted by Gasteiger charge is 2.41. The van der Waals surface area contributed by atoms with Crippen LogP contribution >= 0.6 is 0 Å². The van der Waals surface area contributed by atoms with Gasteiger partial charge in [0.25, 0.3) is 0 Å². The molecule has 1 saturated carbocycles. The van der Waals surface area contributed by atoms with Crippen LogP contribution < -0.4 is 4.74 Å². The fourth-order valence-electron chi connectivity index (χ4n) is 4.19. The number of hydrogen-bond acceptors (Lipinski definition) is 1. The highest BCUT2D eigenvalue weighted by atomic mass is 19.3. The summed E-state index contributed by atoms with van der Waals surface area (Å²) in [6.07, 6.45) is 1.07. The Morgan fingerprint density at radius 1 is 0.727 bits per heavy atom. The van der Waals surface area contributed by atoms with Crippen LogP contribution in [0.5, 0.6) is 5.75 Å². The van der Waals surface area contributed by atoms with E-state index in [-0.39, 0.29) is 17.7 Å². The van der Waals surface area contributed by atoms with Gasteiger partial charge in [0.1, 0.15) is 22.9 Å². The van der Waals surface area contributed by atoms with Gasteiger partial charge in [0.2, 0.25) is 0 Å². The molecule has 0 bridgehead atoms. The van der Waals surface area contributed by atoms with Crippen LogP contribution in [0, 0.1) is 35.0 Å². The number of halogens is 7. The molecule has 8 heteroatoms. The monoisotopic (exact) mass is 468 g/mol. The largest absolute Gasteiger partial charge is 0.432 e. The summed E-state index contributed by atoms with van der Waals surface area (Å²) in [5.74, 6) is -9.17. The molecule has 0 amide bonds. The van der Waals surface area contributed by atoms with Crippen molar-refractivity contribution >= 4 is 0 Å². The minimum absolute atomic E-state index is 0.0378. The normalized spacial score (nSPS) is 14.6. The zero-order chi connectivity index (χ0) is 23.8. The maximum absolute atomic E-state index is 14.6. The second-order valence-electron chi connectivity index (χ2n) is 8.19. The zero-order valence-electron chi connectivity index (χ0n) is 17.3. The zero-order valence-corrected chi connectivity index (χ0v) is 17.3. The van der Waals surface area contributed by atoms with Crippen molar-refractivity contribution in [3.05, 3.63) is 88.7 Å². The van der Waals surface area contributed by atoms with Crippen molar-refractivity contribution in [1.82, 2.24) is 0 Å². The molecule has 0 aliphatic heterocycles. The van der Waals surface area contributed by atoms with E-state index < -0.39 is 46.5 Å². The molecule has 1 aliphatic rings. The second-order valence-corrected chi connectivity index (χ2v) is 8.19. The quantitative estimate of drug-likeness (QED) is 0.264. The van der Waals surface area contributed by atoms with E-state index in [2.05, 4.69) is 4.74 Å². The van der Waals surface area contributed by atoms with E-state index >= 15 is 0 Å². The predicted molar refractivity (Wildman–Crippen MR) is 108 cm³/mol. The first-order valence-corrected chi connectivity index (χ1v) is 10.4. The summed E-state index contributed by atoms with van der Waals surface area (Å²) in [6, 6.07) is 8.78. The fourth-order valence-corrected chi connectivity index (χ4v) is 4.19. The Morgan fingerprint density at radius 3 is 1.82 bits per heavy atom. The Hall–Kier alpha value is -3.03. The molecule has 3 aromatic rings. The van der Waals surface area contributed by atoms with Gasteiger partial charge in [-0.05, 0) is 41.2 Å². The fraction of sp³-hybridized carbons (Fsp3) is 0.280. The van der Waals surface area contributed by atoms with Gasteiger partial charge in [-0.2, -0.15) is 8.78 Å². The molecule has 0 spiro atoms. The molecule has 0 saturated heterocycles. The summed E-state index contributed by atoms with van der Waals surface area (Å²) in [4.78, 5) is 0. The molecule has 0 aromatic heterocycles. The van der Waals surface area contributed by atoms with Gasteiger partial charge in [-0.3, -0.25) is 0 Å². The molecular weight excluding hydrogens is 449 g/mol. The third-order valence-corrected chi connectivity index (χ3v) is 5.82. The molecule has 0 heterocycles. The molecule has 1 fully saturated rings. The molecule has 33 heavy (non-hydrogen) atoms.